The normalized spacial score (nSPS) is 17.2. The van der Waals surface area contributed by atoms with Crippen molar-refractivity contribution in [1.82, 2.24) is 10.3 Å². The number of rotatable bonds is 9. The number of aromatic nitrogens is 1. The van der Waals surface area contributed by atoms with E-state index in [1.54, 1.807) is 0 Å². The zero-order valence-corrected chi connectivity index (χ0v) is 13.9. The van der Waals surface area contributed by atoms with Crippen LogP contribution in [0.5, 0.6) is 0 Å². The highest BCUT2D eigenvalue weighted by molar-refractivity contribution is 5.14. The van der Waals surface area contributed by atoms with E-state index < -0.39 is 0 Å². The van der Waals surface area contributed by atoms with Crippen LogP contribution in [0.4, 0.5) is 0 Å². The molecule has 2 rings (SSSR count). The van der Waals surface area contributed by atoms with Crippen LogP contribution in [0.2, 0.25) is 0 Å². The van der Waals surface area contributed by atoms with Crippen molar-refractivity contribution in [1.29, 1.82) is 0 Å². The predicted octanol–water partition coefficient (Wildman–Crippen LogP) is 4.53. The standard InChI is InChI=1S/C19H32N2/c1-3-13-20-18(12-10-17-7-5-6-8-17)14-19-11-9-16(4-2)15-21-19/h9,11,15,17-18,20H,3-8,10,12-14H2,1-2H3. The molecule has 1 saturated carbocycles. The van der Waals surface area contributed by atoms with Gasteiger partial charge in [-0.05, 0) is 49.8 Å². The fourth-order valence-electron chi connectivity index (χ4n) is 3.40. The summed E-state index contributed by atoms with van der Waals surface area (Å²) in [5.41, 5.74) is 2.58. The van der Waals surface area contributed by atoms with Crippen LogP contribution in [-0.2, 0) is 12.8 Å². The van der Waals surface area contributed by atoms with Crippen LogP contribution >= 0.6 is 0 Å². The molecule has 0 saturated heterocycles. The average Bonchev–Trinajstić information content (AvgIpc) is 3.04. The van der Waals surface area contributed by atoms with Crippen LogP contribution in [0.15, 0.2) is 18.3 Å². The van der Waals surface area contributed by atoms with Gasteiger partial charge in [0.25, 0.3) is 0 Å². The van der Waals surface area contributed by atoms with Crippen LogP contribution in [0.1, 0.15) is 70.1 Å². The zero-order valence-electron chi connectivity index (χ0n) is 13.9. The molecule has 0 radical (unpaired) electrons. The van der Waals surface area contributed by atoms with E-state index in [1.165, 1.54) is 56.2 Å². The first-order valence-corrected chi connectivity index (χ1v) is 8.99. The molecule has 0 spiro atoms. The van der Waals surface area contributed by atoms with Crippen LogP contribution < -0.4 is 5.32 Å². The van der Waals surface area contributed by atoms with Gasteiger partial charge in [-0.2, -0.15) is 0 Å². The van der Waals surface area contributed by atoms with Gasteiger partial charge in [0.1, 0.15) is 0 Å². The maximum absolute atomic E-state index is 4.64. The Morgan fingerprint density at radius 2 is 2.05 bits per heavy atom. The Balaban J connectivity index is 1.84. The first-order valence-electron chi connectivity index (χ1n) is 8.99. The van der Waals surface area contributed by atoms with Gasteiger partial charge >= 0.3 is 0 Å². The molecule has 2 nitrogen and oxygen atoms in total. The van der Waals surface area contributed by atoms with Gasteiger partial charge in [0, 0.05) is 24.4 Å². The molecule has 0 amide bonds. The first kappa shape index (κ1) is 16.5. The minimum Gasteiger partial charge on any atom is -0.314 e. The molecule has 1 heterocycles. The van der Waals surface area contributed by atoms with E-state index in [2.05, 4.69) is 36.3 Å². The molecular weight excluding hydrogens is 256 g/mol. The summed E-state index contributed by atoms with van der Waals surface area (Å²) in [6.45, 7) is 5.56. The number of nitrogens with one attached hydrogen (secondary N) is 1. The zero-order chi connectivity index (χ0) is 14.9. The van der Waals surface area contributed by atoms with E-state index in [-0.39, 0.29) is 0 Å². The lowest BCUT2D eigenvalue weighted by molar-refractivity contribution is 0.400. The fourth-order valence-corrected chi connectivity index (χ4v) is 3.40. The monoisotopic (exact) mass is 288 g/mol. The molecule has 0 aromatic carbocycles. The lowest BCUT2D eigenvalue weighted by Gasteiger charge is -2.20. The highest BCUT2D eigenvalue weighted by atomic mass is 14.9. The van der Waals surface area contributed by atoms with Crippen molar-refractivity contribution in [2.75, 3.05) is 6.54 Å². The fraction of sp³-hybridized carbons (Fsp3) is 0.737. The van der Waals surface area contributed by atoms with Crippen molar-refractivity contribution in [2.45, 2.75) is 77.7 Å². The summed E-state index contributed by atoms with van der Waals surface area (Å²) in [6, 6.07) is 5.05. The van der Waals surface area contributed by atoms with Crippen LogP contribution in [0, 0.1) is 5.92 Å². The molecule has 1 N–H and O–H groups in total. The first-order chi connectivity index (χ1) is 10.3. The predicted molar refractivity (Wildman–Crippen MR) is 90.6 cm³/mol. The van der Waals surface area contributed by atoms with Crippen molar-refractivity contribution in [3.63, 3.8) is 0 Å². The van der Waals surface area contributed by atoms with E-state index in [0.29, 0.717) is 6.04 Å². The van der Waals surface area contributed by atoms with Gasteiger partial charge in [0.15, 0.2) is 0 Å². The van der Waals surface area contributed by atoms with Gasteiger partial charge in [0.2, 0.25) is 0 Å². The summed E-state index contributed by atoms with van der Waals surface area (Å²) in [6.07, 6.45) is 14.0. The van der Waals surface area contributed by atoms with Crippen molar-refractivity contribution in [3.05, 3.63) is 29.6 Å². The Bertz CT molecular complexity index is 379. The van der Waals surface area contributed by atoms with Gasteiger partial charge in [-0.1, -0.05) is 45.6 Å². The highest BCUT2D eigenvalue weighted by Gasteiger charge is 2.17. The molecule has 21 heavy (non-hydrogen) atoms. The molecule has 1 aromatic rings. The maximum atomic E-state index is 4.64. The third-order valence-electron chi connectivity index (χ3n) is 4.83. The van der Waals surface area contributed by atoms with Gasteiger partial charge in [-0.25, -0.2) is 0 Å². The summed E-state index contributed by atoms with van der Waals surface area (Å²) < 4.78 is 0. The van der Waals surface area contributed by atoms with E-state index in [0.717, 1.165) is 25.3 Å². The largest absolute Gasteiger partial charge is 0.314 e. The quantitative estimate of drug-likeness (QED) is 0.722. The molecule has 1 atom stereocenters. The SMILES string of the molecule is CCCNC(CCC1CCCC1)Cc1ccc(CC)cn1. The lowest BCUT2D eigenvalue weighted by Crippen LogP contribution is -2.32. The Morgan fingerprint density at radius 3 is 2.67 bits per heavy atom. The lowest BCUT2D eigenvalue weighted by atomic mass is 9.96. The smallest absolute Gasteiger partial charge is 0.0419 e. The summed E-state index contributed by atoms with van der Waals surface area (Å²) >= 11 is 0. The molecule has 0 bridgehead atoms. The Kier molecular flexibility index (Phi) is 7.21. The second kappa shape index (κ2) is 9.19. The molecule has 1 aliphatic carbocycles. The van der Waals surface area contributed by atoms with Crippen LogP contribution in [0.25, 0.3) is 0 Å². The van der Waals surface area contributed by atoms with Crippen LogP contribution in [-0.4, -0.2) is 17.6 Å². The van der Waals surface area contributed by atoms with Gasteiger partial charge in [0.05, 0.1) is 0 Å². The van der Waals surface area contributed by atoms with Gasteiger partial charge < -0.3 is 5.32 Å². The topological polar surface area (TPSA) is 24.9 Å². The molecule has 0 aliphatic heterocycles. The third-order valence-corrected chi connectivity index (χ3v) is 4.83. The number of pyridine rings is 1. The van der Waals surface area contributed by atoms with Crippen molar-refractivity contribution in [3.8, 4) is 0 Å². The molecule has 118 valence electrons. The number of nitrogens with zero attached hydrogens (tertiary/aromatic N) is 1. The third kappa shape index (κ3) is 5.78. The molecule has 1 fully saturated rings. The second-order valence-electron chi connectivity index (χ2n) is 6.59. The summed E-state index contributed by atoms with van der Waals surface area (Å²) in [4.78, 5) is 4.64. The molecular formula is C19H32N2. The van der Waals surface area contributed by atoms with E-state index in [1.807, 2.05) is 6.20 Å². The number of aryl methyl sites for hydroxylation is 1. The molecule has 1 unspecified atom stereocenters. The van der Waals surface area contributed by atoms with Crippen molar-refractivity contribution < 1.29 is 0 Å². The average molecular weight is 288 g/mol. The Hall–Kier alpha value is -0.890. The van der Waals surface area contributed by atoms with E-state index in [4.69, 9.17) is 0 Å². The Morgan fingerprint density at radius 1 is 1.24 bits per heavy atom. The highest BCUT2D eigenvalue weighted by Crippen LogP contribution is 2.29. The molecule has 1 aromatic heterocycles. The van der Waals surface area contributed by atoms with Crippen molar-refractivity contribution >= 4 is 0 Å². The minimum atomic E-state index is 0.602. The van der Waals surface area contributed by atoms with Crippen molar-refractivity contribution in [2.24, 2.45) is 5.92 Å². The van der Waals surface area contributed by atoms with E-state index >= 15 is 0 Å². The maximum Gasteiger partial charge on any atom is 0.0419 e. The van der Waals surface area contributed by atoms with Crippen LogP contribution in [0.3, 0.4) is 0 Å². The van der Waals surface area contributed by atoms with Gasteiger partial charge in [-0.3, -0.25) is 4.98 Å². The number of hydrogen-bond acceptors (Lipinski definition) is 2. The molecule has 2 heteroatoms. The minimum absolute atomic E-state index is 0.602. The summed E-state index contributed by atoms with van der Waals surface area (Å²) in [5, 5.41) is 3.73. The Labute approximate surface area is 130 Å². The molecule has 1 aliphatic rings. The second-order valence-corrected chi connectivity index (χ2v) is 6.59. The van der Waals surface area contributed by atoms with E-state index in [9.17, 15) is 0 Å². The van der Waals surface area contributed by atoms with Gasteiger partial charge in [-0.15, -0.1) is 0 Å². The number of hydrogen-bond donors (Lipinski definition) is 1. The summed E-state index contributed by atoms with van der Waals surface area (Å²) in [7, 11) is 0. The summed E-state index contributed by atoms with van der Waals surface area (Å²) in [5.74, 6) is 0.992.